The van der Waals surface area contributed by atoms with Crippen molar-refractivity contribution in [2.75, 3.05) is 6.26 Å². The molecule has 1 aromatic carbocycles. The lowest BCUT2D eigenvalue weighted by molar-refractivity contribution is 0.376. The van der Waals surface area contributed by atoms with Gasteiger partial charge < -0.3 is 4.52 Å². The van der Waals surface area contributed by atoms with Crippen LogP contribution >= 0.6 is 0 Å². The molecule has 0 bridgehead atoms. The van der Waals surface area contributed by atoms with Crippen LogP contribution in [0.4, 0.5) is 0 Å². The van der Waals surface area contributed by atoms with Gasteiger partial charge in [-0.2, -0.15) is 4.98 Å². The Morgan fingerprint density at radius 1 is 1.33 bits per heavy atom. The largest absolute Gasteiger partial charge is 0.338 e. The second-order valence-corrected chi connectivity index (χ2v) is 5.75. The van der Waals surface area contributed by atoms with Crippen LogP contribution in [0.15, 0.2) is 28.8 Å². The predicted octanol–water partition coefficient (Wildman–Crippen LogP) is 1.09. The van der Waals surface area contributed by atoms with Crippen LogP contribution in [0.5, 0.6) is 0 Å². The minimum absolute atomic E-state index is 0.00227. The molecule has 0 unspecified atom stereocenters. The van der Waals surface area contributed by atoms with Crippen molar-refractivity contribution in [1.29, 1.82) is 0 Å². The predicted molar refractivity (Wildman–Crippen MR) is 66.2 cm³/mol. The molecule has 1 aromatic heterocycles. The number of nitrogens with one attached hydrogen (secondary N) is 1. The van der Waals surface area contributed by atoms with Crippen LogP contribution in [-0.2, 0) is 16.6 Å². The SMILES string of the molecule is Cc1ccccc1-c1noc(CNS(C)(=O)=O)n1. The van der Waals surface area contributed by atoms with Gasteiger partial charge in [-0.1, -0.05) is 29.4 Å². The lowest BCUT2D eigenvalue weighted by atomic mass is 10.1. The topological polar surface area (TPSA) is 85.1 Å². The van der Waals surface area contributed by atoms with E-state index in [1.807, 2.05) is 31.2 Å². The second kappa shape index (κ2) is 4.87. The van der Waals surface area contributed by atoms with Crippen LogP contribution in [0.1, 0.15) is 11.5 Å². The average molecular weight is 267 g/mol. The van der Waals surface area contributed by atoms with Gasteiger partial charge in [0, 0.05) is 5.56 Å². The van der Waals surface area contributed by atoms with Crippen molar-refractivity contribution in [3.63, 3.8) is 0 Å². The second-order valence-electron chi connectivity index (χ2n) is 3.92. The highest BCUT2D eigenvalue weighted by molar-refractivity contribution is 7.88. The standard InChI is InChI=1S/C11H13N3O3S/c1-8-5-3-4-6-9(8)11-13-10(17-14-11)7-12-18(2,15)16/h3-6,12H,7H2,1-2H3. The maximum Gasteiger partial charge on any atom is 0.242 e. The van der Waals surface area contributed by atoms with Gasteiger partial charge in [0.25, 0.3) is 0 Å². The zero-order chi connectivity index (χ0) is 13.2. The number of aromatic nitrogens is 2. The maximum absolute atomic E-state index is 10.9. The quantitative estimate of drug-likeness (QED) is 0.896. The van der Waals surface area contributed by atoms with E-state index in [4.69, 9.17) is 4.52 Å². The summed E-state index contributed by atoms with van der Waals surface area (Å²) in [5, 5.41) is 3.83. The van der Waals surface area contributed by atoms with Gasteiger partial charge in [-0.05, 0) is 12.5 Å². The highest BCUT2D eigenvalue weighted by atomic mass is 32.2. The Kier molecular flexibility index (Phi) is 3.44. The Morgan fingerprint density at radius 2 is 2.06 bits per heavy atom. The number of aryl methyl sites for hydroxylation is 1. The molecule has 0 aliphatic carbocycles. The fraction of sp³-hybridized carbons (Fsp3) is 0.273. The van der Waals surface area contributed by atoms with E-state index in [0.717, 1.165) is 17.4 Å². The summed E-state index contributed by atoms with van der Waals surface area (Å²) in [6.07, 6.45) is 1.08. The van der Waals surface area contributed by atoms with Gasteiger partial charge in [-0.15, -0.1) is 0 Å². The van der Waals surface area contributed by atoms with Crippen LogP contribution in [0.2, 0.25) is 0 Å². The summed E-state index contributed by atoms with van der Waals surface area (Å²) in [6, 6.07) is 7.63. The van der Waals surface area contributed by atoms with E-state index in [1.165, 1.54) is 0 Å². The van der Waals surface area contributed by atoms with Crippen LogP contribution in [-0.4, -0.2) is 24.8 Å². The fourth-order valence-corrected chi connectivity index (χ4v) is 1.84. The van der Waals surface area contributed by atoms with E-state index in [-0.39, 0.29) is 12.4 Å². The molecule has 96 valence electrons. The van der Waals surface area contributed by atoms with Gasteiger partial charge in [0.1, 0.15) is 0 Å². The van der Waals surface area contributed by atoms with Crippen molar-refractivity contribution in [2.24, 2.45) is 0 Å². The Balaban J connectivity index is 2.19. The van der Waals surface area contributed by atoms with Gasteiger partial charge in [0.15, 0.2) is 0 Å². The molecule has 0 aliphatic heterocycles. The maximum atomic E-state index is 10.9. The lowest BCUT2D eigenvalue weighted by Crippen LogP contribution is -2.21. The van der Waals surface area contributed by atoms with Crippen molar-refractivity contribution in [1.82, 2.24) is 14.9 Å². The molecule has 18 heavy (non-hydrogen) atoms. The number of nitrogens with zero attached hydrogens (tertiary/aromatic N) is 2. The molecule has 0 radical (unpaired) electrons. The van der Waals surface area contributed by atoms with E-state index < -0.39 is 10.0 Å². The summed E-state index contributed by atoms with van der Waals surface area (Å²) in [6.45, 7) is 1.94. The van der Waals surface area contributed by atoms with E-state index in [2.05, 4.69) is 14.9 Å². The molecule has 1 heterocycles. The number of rotatable bonds is 4. The molecule has 0 saturated heterocycles. The van der Waals surface area contributed by atoms with E-state index in [0.29, 0.717) is 5.82 Å². The third-order valence-corrected chi connectivity index (χ3v) is 3.01. The average Bonchev–Trinajstić information content (AvgIpc) is 2.75. The fourth-order valence-electron chi connectivity index (χ4n) is 1.45. The van der Waals surface area contributed by atoms with Crippen LogP contribution in [0.3, 0.4) is 0 Å². The Labute approximate surface area is 105 Å². The van der Waals surface area contributed by atoms with Crippen molar-refractivity contribution in [2.45, 2.75) is 13.5 Å². The van der Waals surface area contributed by atoms with Crippen molar-refractivity contribution < 1.29 is 12.9 Å². The summed E-state index contributed by atoms with van der Waals surface area (Å²) in [4.78, 5) is 4.14. The van der Waals surface area contributed by atoms with Gasteiger partial charge in [-0.3, -0.25) is 0 Å². The van der Waals surface area contributed by atoms with E-state index >= 15 is 0 Å². The van der Waals surface area contributed by atoms with E-state index in [9.17, 15) is 8.42 Å². The molecule has 0 aliphatic rings. The molecule has 2 rings (SSSR count). The summed E-state index contributed by atoms with van der Waals surface area (Å²) >= 11 is 0. The zero-order valence-electron chi connectivity index (χ0n) is 10.0. The Bertz CT molecular complexity index is 649. The molecule has 6 nitrogen and oxygen atoms in total. The smallest absolute Gasteiger partial charge is 0.242 e. The minimum atomic E-state index is -3.26. The molecular weight excluding hydrogens is 254 g/mol. The first kappa shape index (κ1) is 12.7. The number of hydrogen-bond donors (Lipinski definition) is 1. The van der Waals surface area contributed by atoms with E-state index in [1.54, 1.807) is 0 Å². The number of sulfonamides is 1. The summed E-state index contributed by atoms with van der Waals surface area (Å²) in [5.74, 6) is 0.692. The first-order valence-electron chi connectivity index (χ1n) is 5.29. The molecule has 0 saturated carbocycles. The zero-order valence-corrected chi connectivity index (χ0v) is 10.9. The highest BCUT2D eigenvalue weighted by Gasteiger charge is 2.11. The lowest BCUT2D eigenvalue weighted by Gasteiger charge is -1.98. The first-order valence-corrected chi connectivity index (χ1v) is 7.18. The molecule has 0 amide bonds. The van der Waals surface area contributed by atoms with Crippen LogP contribution < -0.4 is 4.72 Å². The molecular formula is C11H13N3O3S. The summed E-state index contributed by atoms with van der Waals surface area (Å²) in [5.41, 5.74) is 1.90. The van der Waals surface area contributed by atoms with Crippen LogP contribution in [0.25, 0.3) is 11.4 Å². The molecule has 1 N–H and O–H groups in total. The number of benzene rings is 1. The molecule has 0 spiro atoms. The molecule has 0 fully saturated rings. The molecule has 0 atom stereocenters. The first-order chi connectivity index (χ1) is 8.46. The Morgan fingerprint density at radius 3 is 2.72 bits per heavy atom. The van der Waals surface area contributed by atoms with Gasteiger partial charge >= 0.3 is 0 Å². The third-order valence-electron chi connectivity index (χ3n) is 2.34. The molecule has 7 heteroatoms. The Hall–Kier alpha value is -1.73. The van der Waals surface area contributed by atoms with Gasteiger partial charge in [0.2, 0.25) is 21.7 Å². The van der Waals surface area contributed by atoms with Crippen molar-refractivity contribution >= 4 is 10.0 Å². The normalized spacial score (nSPS) is 11.7. The van der Waals surface area contributed by atoms with Gasteiger partial charge in [-0.25, -0.2) is 13.1 Å². The molecule has 2 aromatic rings. The summed E-state index contributed by atoms with van der Waals surface area (Å²) in [7, 11) is -3.26. The monoisotopic (exact) mass is 267 g/mol. The summed E-state index contributed by atoms with van der Waals surface area (Å²) < 4.78 is 29.1. The minimum Gasteiger partial charge on any atom is -0.338 e. The number of hydrogen-bond acceptors (Lipinski definition) is 5. The third kappa shape index (κ3) is 3.14. The highest BCUT2D eigenvalue weighted by Crippen LogP contribution is 2.19. The van der Waals surface area contributed by atoms with Crippen LogP contribution in [0, 0.1) is 6.92 Å². The van der Waals surface area contributed by atoms with Crippen molar-refractivity contribution in [3.05, 3.63) is 35.7 Å². The van der Waals surface area contributed by atoms with Gasteiger partial charge in [0.05, 0.1) is 12.8 Å². The van der Waals surface area contributed by atoms with Crippen molar-refractivity contribution in [3.8, 4) is 11.4 Å².